The molecule has 0 spiro atoms. The Labute approximate surface area is 151 Å². The first-order valence-corrected chi connectivity index (χ1v) is 8.50. The molecule has 2 aromatic heterocycles. The van der Waals surface area contributed by atoms with E-state index in [0.29, 0.717) is 5.13 Å². The Hall–Kier alpha value is -2.74. The summed E-state index contributed by atoms with van der Waals surface area (Å²) < 4.78 is 38.4. The molecule has 0 amide bonds. The third kappa shape index (κ3) is 4.08. The molecule has 134 valence electrons. The third-order valence-corrected chi connectivity index (χ3v) is 4.63. The molecular formula is C18H14F3N3OS. The van der Waals surface area contributed by atoms with Crippen molar-refractivity contribution < 1.29 is 18.0 Å². The van der Waals surface area contributed by atoms with Gasteiger partial charge in [0.25, 0.3) is 0 Å². The van der Waals surface area contributed by atoms with Gasteiger partial charge in [0.15, 0.2) is 5.13 Å². The van der Waals surface area contributed by atoms with Crippen molar-refractivity contribution in [3.8, 4) is 0 Å². The zero-order valence-electron chi connectivity index (χ0n) is 13.6. The molecule has 3 rings (SSSR count). The van der Waals surface area contributed by atoms with Gasteiger partial charge in [-0.1, -0.05) is 29.5 Å². The maximum atomic E-state index is 12.8. The number of rotatable bonds is 5. The Kier molecular flexibility index (Phi) is 5.03. The smallest absolute Gasteiger partial charge is 0.355 e. The van der Waals surface area contributed by atoms with Crippen molar-refractivity contribution in [3.63, 3.8) is 0 Å². The van der Waals surface area contributed by atoms with Gasteiger partial charge in [-0.2, -0.15) is 13.2 Å². The summed E-state index contributed by atoms with van der Waals surface area (Å²) in [6, 6.07) is 8.03. The van der Waals surface area contributed by atoms with Crippen molar-refractivity contribution in [3.05, 3.63) is 76.6 Å². The average Bonchev–Trinajstić information content (AvgIpc) is 3.09. The molecular weight excluding hydrogens is 363 g/mol. The van der Waals surface area contributed by atoms with Crippen molar-refractivity contribution >= 4 is 22.3 Å². The number of nitrogens with zero attached hydrogens (tertiary/aromatic N) is 2. The first-order chi connectivity index (χ1) is 12.3. The van der Waals surface area contributed by atoms with E-state index < -0.39 is 17.5 Å². The number of thiazole rings is 1. The molecule has 1 aromatic carbocycles. The second kappa shape index (κ2) is 7.25. The normalized spacial score (nSPS) is 12.6. The number of hydrogen-bond donors (Lipinski definition) is 1. The molecule has 0 aliphatic heterocycles. The van der Waals surface area contributed by atoms with E-state index in [0.717, 1.165) is 29.0 Å². The van der Waals surface area contributed by atoms with Gasteiger partial charge in [0.05, 0.1) is 22.7 Å². The molecule has 3 aromatic rings. The maximum absolute atomic E-state index is 12.8. The number of aromatic nitrogens is 2. The summed E-state index contributed by atoms with van der Waals surface area (Å²) in [6.07, 6.45) is 0.271. The minimum Gasteiger partial charge on any atom is -0.355 e. The number of carbonyl (C=O) groups excluding carboxylic acids is 1. The van der Waals surface area contributed by atoms with Crippen LogP contribution in [-0.4, -0.2) is 15.8 Å². The van der Waals surface area contributed by atoms with Crippen LogP contribution in [0.15, 0.2) is 55.0 Å². The highest BCUT2D eigenvalue weighted by atomic mass is 32.1. The summed E-state index contributed by atoms with van der Waals surface area (Å²) in [5.41, 5.74) is 0.0835. The van der Waals surface area contributed by atoms with Crippen molar-refractivity contribution in [1.82, 2.24) is 9.97 Å². The van der Waals surface area contributed by atoms with Gasteiger partial charge in [-0.3, -0.25) is 9.78 Å². The molecule has 0 bridgehead atoms. The van der Waals surface area contributed by atoms with Gasteiger partial charge in [-0.25, -0.2) is 4.98 Å². The van der Waals surface area contributed by atoms with Gasteiger partial charge in [0.1, 0.15) is 0 Å². The fourth-order valence-corrected chi connectivity index (χ4v) is 3.19. The van der Waals surface area contributed by atoms with Gasteiger partial charge >= 0.3 is 6.18 Å². The van der Waals surface area contributed by atoms with Crippen LogP contribution < -0.4 is 5.32 Å². The standard InChI is InChI=1S/C18H14F3N3OS/c1-11(13-5-3-7-22-9-13)24-17-23-10-15(26-17)16(25)12-4-2-6-14(8-12)18(19,20)21/h2-11H,1H3,(H,23,24). The van der Waals surface area contributed by atoms with Crippen LogP contribution in [0.5, 0.6) is 0 Å². The van der Waals surface area contributed by atoms with Crippen LogP contribution in [0.3, 0.4) is 0 Å². The van der Waals surface area contributed by atoms with Crippen LogP contribution in [0.4, 0.5) is 18.3 Å². The molecule has 0 aliphatic carbocycles. The molecule has 1 atom stereocenters. The van der Waals surface area contributed by atoms with Crippen molar-refractivity contribution in [1.29, 1.82) is 0 Å². The Bertz CT molecular complexity index is 909. The fourth-order valence-electron chi connectivity index (χ4n) is 2.33. The lowest BCUT2D eigenvalue weighted by molar-refractivity contribution is -0.137. The van der Waals surface area contributed by atoms with E-state index in [4.69, 9.17) is 0 Å². The molecule has 0 radical (unpaired) electrons. The molecule has 26 heavy (non-hydrogen) atoms. The molecule has 0 aliphatic rings. The molecule has 0 fully saturated rings. The zero-order valence-corrected chi connectivity index (χ0v) is 14.4. The predicted molar refractivity (Wildman–Crippen MR) is 93.3 cm³/mol. The Morgan fingerprint density at radius 2 is 2.00 bits per heavy atom. The largest absolute Gasteiger partial charge is 0.416 e. The van der Waals surface area contributed by atoms with Crippen molar-refractivity contribution in [2.24, 2.45) is 0 Å². The number of carbonyl (C=O) groups is 1. The number of pyridine rings is 1. The average molecular weight is 377 g/mol. The number of nitrogens with one attached hydrogen (secondary N) is 1. The lowest BCUT2D eigenvalue weighted by atomic mass is 10.1. The lowest BCUT2D eigenvalue weighted by Gasteiger charge is -2.12. The van der Waals surface area contributed by atoms with Crippen LogP contribution in [0.2, 0.25) is 0 Å². The highest BCUT2D eigenvalue weighted by molar-refractivity contribution is 7.17. The molecule has 0 saturated heterocycles. The lowest BCUT2D eigenvalue weighted by Crippen LogP contribution is -2.07. The fraction of sp³-hybridized carbons (Fsp3) is 0.167. The van der Waals surface area contributed by atoms with E-state index >= 15 is 0 Å². The zero-order chi connectivity index (χ0) is 18.7. The molecule has 2 heterocycles. The van der Waals surface area contributed by atoms with E-state index in [9.17, 15) is 18.0 Å². The van der Waals surface area contributed by atoms with Gasteiger partial charge in [0, 0.05) is 18.0 Å². The summed E-state index contributed by atoms with van der Waals surface area (Å²) in [6.45, 7) is 1.92. The number of anilines is 1. The number of halogens is 3. The topological polar surface area (TPSA) is 54.9 Å². The summed E-state index contributed by atoms with van der Waals surface area (Å²) in [5.74, 6) is -0.490. The summed E-state index contributed by atoms with van der Waals surface area (Å²) in [5, 5.41) is 3.67. The summed E-state index contributed by atoms with van der Waals surface area (Å²) >= 11 is 1.10. The van der Waals surface area contributed by atoms with Crippen LogP contribution >= 0.6 is 11.3 Å². The molecule has 0 saturated carbocycles. The van der Waals surface area contributed by atoms with E-state index in [-0.39, 0.29) is 16.5 Å². The Morgan fingerprint density at radius 3 is 2.69 bits per heavy atom. The molecule has 1 unspecified atom stereocenters. The third-order valence-electron chi connectivity index (χ3n) is 3.71. The minimum absolute atomic E-state index is 0.0182. The molecule has 1 N–H and O–H groups in total. The van der Waals surface area contributed by atoms with E-state index in [1.54, 1.807) is 12.4 Å². The van der Waals surface area contributed by atoms with E-state index in [1.165, 1.54) is 18.3 Å². The van der Waals surface area contributed by atoms with E-state index in [1.807, 2.05) is 19.1 Å². The number of ketones is 1. The van der Waals surface area contributed by atoms with Crippen LogP contribution in [0.1, 0.15) is 39.3 Å². The number of benzene rings is 1. The molecule has 8 heteroatoms. The van der Waals surface area contributed by atoms with Crippen LogP contribution in [-0.2, 0) is 6.18 Å². The molecule has 4 nitrogen and oxygen atoms in total. The highest BCUT2D eigenvalue weighted by Crippen LogP contribution is 2.31. The van der Waals surface area contributed by atoms with Gasteiger partial charge in [0.2, 0.25) is 5.78 Å². The highest BCUT2D eigenvalue weighted by Gasteiger charge is 2.31. The Balaban J connectivity index is 1.76. The first kappa shape index (κ1) is 18.1. The monoisotopic (exact) mass is 377 g/mol. The van der Waals surface area contributed by atoms with Crippen LogP contribution in [0, 0.1) is 0 Å². The first-order valence-electron chi connectivity index (χ1n) is 7.69. The van der Waals surface area contributed by atoms with Crippen LogP contribution in [0.25, 0.3) is 0 Å². The summed E-state index contributed by atoms with van der Waals surface area (Å²) in [4.78, 5) is 20.9. The predicted octanol–water partition coefficient (Wildman–Crippen LogP) is 4.96. The van der Waals surface area contributed by atoms with Crippen molar-refractivity contribution in [2.75, 3.05) is 5.32 Å². The van der Waals surface area contributed by atoms with Gasteiger partial charge in [-0.05, 0) is 30.7 Å². The summed E-state index contributed by atoms with van der Waals surface area (Å²) in [7, 11) is 0. The maximum Gasteiger partial charge on any atom is 0.416 e. The van der Waals surface area contributed by atoms with Gasteiger partial charge in [-0.15, -0.1) is 0 Å². The van der Waals surface area contributed by atoms with Crippen molar-refractivity contribution in [2.45, 2.75) is 19.1 Å². The number of hydrogen-bond acceptors (Lipinski definition) is 5. The second-order valence-corrected chi connectivity index (χ2v) is 6.62. The quantitative estimate of drug-likeness (QED) is 0.639. The SMILES string of the molecule is CC(Nc1ncc(C(=O)c2cccc(C(F)(F)F)c2)s1)c1cccnc1. The minimum atomic E-state index is -4.49. The van der Waals surface area contributed by atoms with Gasteiger partial charge < -0.3 is 5.32 Å². The Morgan fingerprint density at radius 1 is 1.19 bits per heavy atom. The second-order valence-electron chi connectivity index (χ2n) is 5.59. The number of alkyl halides is 3. The van der Waals surface area contributed by atoms with E-state index in [2.05, 4.69) is 15.3 Å².